The van der Waals surface area contributed by atoms with Crippen LogP contribution >= 0.6 is 11.3 Å². The van der Waals surface area contributed by atoms with E-state index in [0.29, 0.717) is 17.2 Å². The summed E-state index contributed by atoms with van der Waals surface area (Å²) >= 11 is 1.33. The number of anilines is 1. The topological polar surface area (TPSA) is 55.4 Å². The predicted octanol–water partition coefficient (Wildman–Crippen LogP) is 2.19. The Morgan fingerprint density at radius 2 is 2.20 bits per heavy atom. The number of hydrogen-bond donors (Lipinski definition) is 1. The molecule has 1 N–H and O–H groups in total. The summed E-state index contributed by atoms with van der Waals surface area (Å²) in [6.07, 6.45) is 0. The molecule has 82 valence electrons. The van der Waals surface area contributed by atoms with Gasteiger partial charge in [-0.25, -0.2) is 4.79 Å². The van der Waals surface area contributed by atoms with Crippen molar-refractivity contribution in [1.29, 1.82) is 0 Å². The largest absolute Gasteiger partial charge is 0.462 e. The van der Waals surface area contributed by atoms with Gasteiger partial charge in [0.25, 0.3) is 0 Å². The normalized spacial score (nSPS) is 9.80. The van der Waals surface area contributed by atoms with Crippen molar-refractivity contribution in [1.82, 2.24) is 0 Å². The highest BCUT2D eigenvalue weighted by molar-refractivity contribution is 7.15. The highest BCUT2D eigenvalue weighted by Crippen LogP contribution is 2.28. The molecule has 0 unspecified atom stereocenters. The van der Waals surface area contributed by atoms with Crippen LogP contribution in [-0.2, 0) is 9.53 Å². The van der Waals surface area contributed by atoms with Gasteiger partial charge in [0.2, 0.25) is 5.91 Å². The number of hydrogen-bond acceptors (Lipinski definition) is 4. The Labute approximate surface area is 92.2 Å². The molecule has 0 radical (unpaired) electrons. The van der Waals surface area contributed by atoms with Crippen molar-refractivity contribution in [3.05, 3.63) is 16.5 Å². The molecule has 0 aliphatic carbocycles. The zero-order chi connectivity index (χ0) is 11.4. The summed E-state index contributed by atoms with van der Waals surface area (Å²) in [6.45, 7) is 5.30. The van der Waals surface area contributed by atoms with E-state index in [-0.39, 0.29) is 11.9 Å². The van der Waals surface area contributed by atoms with E-state index in [1.165, 1.54) is 18.3 Å². The molecule has 0 bridgehead atoms. The molecule has 0 aliphatic rings. The first-order valence-corrected chi connectivity index (χ1v) is 5.47. The van der Waals surface area contributed by atoms with Crippen LogP contribution in [0.3, 0.4) is 0 Å². The van der Waals surface area contributed by atoms with Crippen LogP contribution in [0.5, 0.6) is 0 Å². The van der Waals surface area contributed by atoms with Gasteiger partial charge in [0.15, 0.2) is 0 Å². The molecule has 5 heteroatoms. The van der Waals surface area contributed by atoms with E-state index in [4.69, 9.17) is 4.74 Å². The van der Waals surface area contributed by atoms with E-state index >= 15 is 0 Å². The maximum atomic E-state index is 11.6. The van der Waals surface area contributed by atoms with E-state index in [9.17, 15) is 9.59 Å². The minimum Gasteiger partial charge on any atom is -0.462 e. The summed E-state index contributed by atoms with van der Waals surface area (Å²) < 4.78 is 4.91. The van der Waals surface area contributed by atoms with Crippen molar-refractivity contribution < 1.29 is 14.3 Å². The van der Waals surface area contributed by atoms with Crippen LogP contribution in [0.25, 0.3) is 0 Å². The highest BCUT2D eigenvalue weighted by atomic mass is 32.1. The first-order chi connectivity index (χ1) is 7.06. The Bertz CT molecular complexity index is 384. The molecule has 1 aromatic rings. The van der Waals surface area contributed by atoms with E-state index in [1.807, 2.05) is 12.3 Å². The van der Waals surface area contributed by atoms with Gasteiger partial charge in [0.1, 0.15) is 5.00 Å². The number of nitrogens with one attached hydrogen (secondary N) is 1. The number of amides is 1. The van der Waals surface area contributed by atoms with Gasteiger partial charge >= 0.3 is 5.97 Å². The number of ether oxygens (including phenoxy) is 1. The molecular weight excluding hydrogens is 214 g/mol. The van der Waals surface area contributed by atoms with Crippen molar-refractivity contribution in [2.45, 2.75) is 20.8 Å². The van der Waals surface area contributed by atoms with Gasteiger partial charge in [-0.1, -0.05) is 0 Å². The molecule has 0 fully saturated rings. The average molecular weight is 227 g/mol. The third-order valence-electron chi connectivity index (χ3n) is 1.74. The second kappa shape index (κ2) is 4.93. The van der Waals surface area contributed by atoms with Gasteiger partial charge in [-0.15, -0.1) is 11.3 Å². The van der Waals surface area contributed by atoms with E-state index < -0.39 is 0 Å². The molecule has 1 heterocycles. The van der Waals surface area contributed by atoms with E-state index in [0.717, 1.165) is 5.56 Å². The fraction of sp³-hybridized carbons (Fsp3) is 0.400. The minimum atomic E-state index is -0.389. The lowest BCUT2D eigenvalue weighted by Gasteiger charge is -2.04. The van der Waals surface area contributed by atoms with Crippen LogP contribution in [0.15, 0.2) is 5.38 Å². The number of aryl methyl sites for hydroxylation is 1. The van der Waals surface area contributed by atoms with E-state index in [1.54, 1.807) is 6.92 Å². The first kappa shape index (κ1) is 11.7. The molecule has 0 spiro atoms. The fourth-order valence-corrected chi connectivity index (χ4v) is 2.13. The number of carbonyl (C=O) groups excluding carboxylic acids is 2. The van der Waals surface area contributed by atoms with Gasteiger partial charge in [-0.05, 0) is 24.8 Å². The minimum absolute atomic E-state index is 0.192. The molecule has 0 atom stereocenters. The van der Waals surface area contributed by atoms with Gasteiger partial charge < -0.3 is 10.1 Å². The molecular formula is C10H13NO3S. The smallest absolute Gasteiger partial charge is 0.341 e. The zero-order valence-electron chi connectivity index (χ0n) is 8.92. The number of esters is 1. The van der Waals surface area contributed by atoms with Gasteiger partial charge in [-0.3, -0.25) is 4.79 Å². The quantitative estimate of drug-likeness (QED) is 0.805. The van der Waals surface area contributed by atoms with Crippen molar-refractivity contribution in [2.24, 2.45) is 0 Å². The lowest BCUT2D eigenvalue weighted by molar-refractivity contribution is -0.114. The lowest BCUT2D eigenvalue weighted by atomic mass is 10.2. The van der Waals surface area contributed by atoms with Crippen LogP contribution in [0.4, 0.5) is 5.00 Å². The Balaban J connectivity index is 2.98. The van der Waals surface area contributed by atoms with Crippen LogP contribution in [-0.4, -0.2) is 18.5 Å². The Morgan fingerprint density at radius 3 is 2.73 bits per heavy atom. The van der Waals surface area contributed by atoms with Gasteiger partial charge in [0, 0.05) is 6.92 Å². The summed E-state index contributed by atoms with van der Waals surface area (Å²) in [7, 11) is 0. The summed E-state index contributed by atoms with van der Waals surface area (Å²) in [5.74, 6) is -0.581. The van der Waals surface area contributed by atoms with E-state index in [2.05, 4.69) is 5.32 Å². The number of rotatable bonds is 3. The summed E-state index contributed by atoms with van der Waals surface area (Å²) in [5, 5.41) is 4.98. The molecule has 4 nitrogen and oxygen atoms in total. The standard InChI is InChI=1S/C10H13NO3S/c1-4-14-10(13)8-6(2)5-15-9(8)11-7(3)12/h5H,4H2,1-3H3,(H,11,12). The summed E-state index contributed by atoms with van der Waals surface area (Å²) in [5.41, 5.74) is 1.28. The molecule has 0 aromatic carbocycles. The van der Waals surface area contributed by atoms with Crippen LogP contribution in [0.1, 0.15) is 29.8 Å². The second-order valence-corrected chi connectivity index (χ2v) is 3.90. The molecule has 1 rings (SSSR count). The van der Waals surface area contributed by atoms with Crippen molar-refractivity contribution >= 4 is 28.2 Å². The highest BCUT2D eigenvalue weighted by Gasteiger charge is 2.18. The number of thiophene rings is 1. The lowest BCUT2D eigenvalue weighted by Crippen LogP contribution is -2.11. The maximum Gasteiger partial charge on any atom is 0.341 e. The van der Waals surface area contributed by atoms with Crippen LogP contribution in [0.2, 0.25) is 0 Å². The molecule has 0 saturated carbocycles. The summed E-state index contributed by atoms with van der Waals surface area (Å²) in [4.78, 5) is 22.5. The van der Waals surface area contributed by atoms with Crippen LogP contribution in [0, 0.1) is 6.92 Å². The zero-order valence-corrected chi connectivity index (χ0v) is 9.73. The van der Waals surface area contributed by atoms with Crippen LogP contribution < -0.4 is 5.32 Å². The molecule has 1 amide bonds. The molecule has 15 heavy (non-hydrogen) atoms. The van der Waals surface area contributed by atoms with Gasteiger partial charge in [0.05, 0.1) is 12.2 Å². The Kier molecular flexibility index (Phi) is 3.85. The Morgan fingerprint density at radius 1 is 1.53 bits per heavy atom. The van der Waals surface area contributed by atoms with Gasteiger partial charge in [-0.2, -0.15) is 0 Å². The third-order valence-corrected chi connectivity index (χ3v) is 2.76. The molecule has 0 aliphatic heterocycles. The fourth-order valence-electron chi connectivity index (χ4n) is 1.15. The first-order valence-electron chi connectivity index (χ1n) is 4.59. The SMILES string of the molecule is CCOC(=O)c1c(C)csc1NC(C)=O. The third kappa shape index (κ3) is 2.79. The average Bonchev–Trinajstić information content (AvgIpc) is 2.46. The number of carbonyl (C=O) groups is 2. The molecule has 1 aromatic heterocycles. The molecule has 0 saturated heterocycles. The second-order valence-electron chi connectivity index (χ2n) is 3.02. The predicted molar refractivity (Wildman–Crippen MR) is 59.3 cm³/mol. The van der Waals surface area contributed by atoms with Crippen molar-refractivity contribution in [3.8, 4) is 0 Å². The Hall–Kier alpha value is -1.36. The monoisotopic (exact) mass is 227 g/mol. The summed E-state index contributed by atoms with van der Waals surface area (Å²) in [6, 6.07) is 0. The van der Waals surface area contributed by atoms with Crippen molar-refractivity contribution in [2.75, 3.05) is 11.9 Å². The van der Waals surface area contributed by atoms with Crippen molar-refractivity contribution in [3.63, 3.8) is 0 Å². The maximum absolute atomic E-state index is 11.6.